The number of hydrogen-bond donors (Lipinski definition) is 1. The van der Waals surface area contributed by atoms with Crippen LogP contribution in [-0.4, -0.2) is 64.9 Å². The minimum absolute atomic E-state index is 0.105. The Balaban J connectivity index is 1.58. The third-order valence-corrected chi connectivity index (χ3v) is 7.01. The number of nitrogens with one attached hydrogen (secondary N) is 1. The molecule has 4 rings (SSSR count). The quantitative estimate of drug-likeness (QED) is 0.188. The van der Waals surface area contributed by atoms with E-state index in [2.05, 4.69) is 4.98 Å². The van der Waals surface area contributed by atoms with E-state index in [-0.39, 0.29) is 35.7 Å². The summed E-state index contributed by atoms with van der Waals surface area (Å²) in [5.41, 5.74) is 3.15. The summed E-state index contributed by atoms with van der Waals surface area (Å²) < 4.78 is 10.8. The molecule has 1 N–H and O–H groups in total. The van der Waals surface area contributed by atoms with E-state index in [1.54, 1.807) is 25.2 Å². The maximum Gasteiger partial charge on any atom is 0.269 e. The van der Waals surface area contributed by atoms with Gasteiger partial charge in [-0.25, -0.2) is 0 Å². The minimum Gasteiger partial charge on any atom is -0.493 e. The lowest BCUT2D eigenvalue weighted by molar-refractivity contribution is -0.384. The molecule has 0 aliphatic heterocycles. The Labute approximate surface area is 238 Å². The summed E-state index contributed by atoms with van der Waals surface area (Å²) in [5.74, 6) is 0.563. The predicted molar refractivity (Wildman–Crippen MR) is 156 cm³/mol. The van der Waals surface area contributed by atoms with Gasteiger partial charge in [0.25, 0.3) is 11.6 Å². The molecule has 0 spiro atoms. The van der Waals surface area contributed by atoms with Gasteiger partial charge in [-0.05, 0) is 61.7 Å². The maximum atomic E-state index is 13.8. The first-order valence-electron chi connectivity index (χ1n) is 13.3. The highest BCUT2D eigenvalue weighted by Gasteiger charge is 2.25. The smallest absolute Gasteiger partial charge is 0.269 e. The van der Waals surface area contributed by atoms with Crippen LogP contribution >= 0.6 is 0 Å². The van der Waals surface area contributed by atoms with Gasteiger partial charge in [-0.1, -0.05) is 24.3 Å². The molecule has 0 saturated heterocycles. The zero-order valence-electron chi connectivity index (χ0n) is 23.6. The van der Waals surface area contributed by atoms with E-state index in [9.17, 15) is 19.7 Å². The molecular weight excluding hydrogens is 524 g/mol. The summed E-state index contributed by atoms with van der Waals surface area (Å²) >= 11 is 0. The van der Waals surface area contributed by atoms with Crippen molar-refractivity contribution in [1.29, 1.82) is 0 Å². The molecule has 10 heteroatoms. The molecule has 214 valence electrons. The number of methoxy groups -OCH3 is 2. The van der Waals surface area contributed by atoms with Crippen molar-refractivity contribution < 1.29 is 24.0 Å². The van der Waals surface area contributed by atoms with Gasteiger partial charge in [0, 0.05) is 53.9 Å². The van der Waals surface area contributed by atoms with Crippen LogP contribution in [0.2, 0.25) is 0 Å². The summed E-state index contributed by atoms with van der Waals surface area (Å²) in [5, 5.41) is 12.1. The predicted octanol–water partition coefficient (Wildman–Crippen LogP) is 5.22. The number of carbonyl (C=O) groups excluding carboxylic acids is 2. The van der Waals surface area contributed by atoms with Gasteiger partial charge in [0.1, 0.15) is 6.54 Å². The molecule has 2 amide bonds. The second-order valence-electron chi connectivity index (χ2n) is 9.94. The monoisotopic (exact) mass is 558 g/mol. The molecule has 0 radical (unpaired) electrons. The van der Waals surface area contributed by atoms with E-state index in [1.807, 2.05) is 56.4 Å². The lowest BCUT2D eigenvalue weighted by Crippen LogP contribution is -2.46. The number of carbonyl (C=O) groups is 2. The number of nitro groups is 1. The van der Waals surface area contributed by atoms with Crippen LogP contribution in [-0.2, 0) is 17.8 Å². The lowest BCUT2D eigenvalue weighted by atomic mass is 10.1. The average Bonchev–Trinajstić information content (AvgIpc) is 3.40. The Morgan fingerprint density at radius 2 is 1.68 bits per heavy atom. The molecule has 41 heavy (non-hydrogen) atoms. The van der Waals surface area contributed by atoms with Crippen molar-refractivity contribution in [2.45, 2.75) is 32.9 Å². The second kappa shape index (κ2) is 13.0. The summed E-state index contributed by atoms with van der Waals surface area (Å²) in [6, 6.07) is 18.7. The fourth-order valence-electron chi connectivity index (χ4n) is 4.71. The van der Waals surface area contributed by atoms with Crippen molar-refractivity contribution >= 4 is 28.4 Å². The largest absolute Gasteiger partial charge is 0.493 e. The SMILES string of the molecule is COc1ccc(CN(CCc2c[nH]c3ccccc23)C(=O)CN(C(=O)c2ccc([N+](=O)[O-])cc2)C(C)C)cc1OC. The maximum absolute atomic E-state index is 13.8. The zero-order valence-corrected chi connectivity index (χ0v) is 23.6. The number of fused-ring (bicyclic) bond motifs is 1. The molecule has 0 fully saturated rings. The van der Waals surface area contributed by atoms with Gasteiger partial charge in [-0.2, -0.15) is 0 Å². The van der Waals surface area contributed by atoms with Crippen molar-refractivity contribution in [2.75, 3.05) is 27.3 Å². The van der Waals surface area contributed by atoms with Crippen LogP contribution in [0, 0.1) is 10.1 Å². The zero-order chi connectivity index (χ0) is 29.5. The highest BCUT2D eigenvalue weighted by atomic mass is 16.6. The lowest BCUT2D eigenvalue weighted by Gasteiger charge is -2.30. The number of amides is 2. The Kier molecular flexibility index (Phi) is 9.23. The Morgan fingerprint density at radius 1 is 0.976 bits per heavy atom. The van der Waals surface area contributed by atoms with E-state index < -0.39 is 4.92 Å². The van der Waals surface area contributed by atoms with Crippen LogP contribution in [0.5, 0.6) is 11.5 Å². The molecule has 0 saturated carbocycles. The molecule has 0 aliphatic rings. The third-order valence-electron chi connectivity index (χ3n) is 7.01. The molecule has 0 aliphatic carbocycles. The van der Waals surface area contributed by atoms with Crippen molar-refractivity contribution in [2.24, 2.45) is 0 Å². The van der Waals surface area contributed by atoms with Crippen LogP contribution in [0.1, 0.15) is 35.3 Å². The van der Waals surface area contributed by atoms with Crippen LogP contribution in [0.4, 0.5) is 5.69 Å². The minimum atomic E-state index is -0.516. The number of nitro benzene ring substituents is 1. The van der Waals surface area contributed by atoms with E-state index in [0.717, 1.165) is 22.0 Å². The Morgan fingerprint density at radius 3 is 2.34 bits per heavy atom. The van der Waals surface area contributed by atoms with Gasteiger partial charge in [-0.15, -0.1) is 0 Å². The highest BCUT2D eigenvalue weighted by Crippen LogP contribution is 2.28. The fourth-order valence-corrected chi connectivity index (χ4v) is 4.71. The highest BCUT2D eigenvalue weighted by molar-refractivity contribution is 5.97. The van der Waals surface area contributed by atoms with Gasteiger partial charge < -0.3 is 24.3 Å². The van der Waals surface area contributed by atoms with Crippen LogP contribution < -0.4 is 9.47 Å². The molecule has 3 aromatic carbocycles. The molecular formula is C31H34N4O6. The number of ether oxygens (including phenoxy) is 2. The normalized spacial score (nSPS) is 11.0. The summed E-state index contributed by atoms with van der Waals surface area (Å²) in [6.07, 6.45) is 2.57. The van der Waals surface area contributed by atoms with Crippen LogP contribution in [0.3, 0.4) is 0 Å². The molecule has 1 aromatic heterocycles. The van der Waals surface area contributed by atoms with Crippen molar-refractivity contribution in [3.05, 3.63) is 99.7 Å². The van der Waals surface area contributed by atoms with Crippen molar-refractivity contribution in [3.8, 4) is 11.5 Å². The van der Waals surface area contributed by atoms with Gasteiger partial charge in [0.15, 0.2) is 11.5 Å². The number of para-hydroxylation sites is 1. The van der Waals surface area contributed by atoms with Gasteiger partial charge in [0.05, 0.1) is 19.1 Å². The molecule has 0 bridgehead atoms. The van der Waals surface area contributed by atoms with E-state index in [1.165, 1.54) is 29.2 Å². The van der Waals surface area contributed by atoms with Gasteiger partial charge >= 0.3 is 0 Å². The fraction of sp³-hybridized carbons (Fsp3) is 0.290. The number of rotatable bonds is 12. The first-order valence-corrected chi connectivity index (χ1v) is 13.3. The first kappa shape index (κ1) is 29.1. The van der Waals surface area contributed by atoms with E-state index >= 15 is 0 Å². The number of aromatic amines is 1. The van der Waals surface area contributed by atoms with Crippen LogP contribution in [0.15, 0.2) is 72.9 Å². The first-order chi connectivity index (χ1) is 19.7. The van der Waals surface area contributed by atoms with Gasteiger partial charge in [-0.3, -0.25) is 19.7 Å². The number of benzene rings is 3. The third kappa shape index (κ3) is 6.84. The summed E-state index contributed by atoms with van der Waals surface area (Å²) in [6.45, 7) is 4.25. The Bertz CT molecular complexity index is 1530. The van der Waals surface area contributed by atoms with E-state index in [0.29, 0.717) is 31.0 Å². The number of hydrogen-bond acceptors (Lipinski definition) is 6. The average molecular weight is 559 g/mol. The van der Waals surface area contributed by atoms with E-state index in [4.69, 9.17) is 9.47 Å². The Hall–Kier alpha value is -4.86. The van der Waals surface area contributed by atoms with Crippen molar-refractivity contribution in [1.82, 2.24) is 14.8 Å². The molecule has 10 nitrogen and oxygen atoms in total. The topological polar surface area (TPSA) is 118 Å². The van der Waals surface area contributed by atoms with Gasteiger partial charge in [0.2, 0.25) is 5.91 Å². The second-order valence-corrected chi connectivity index (χ2v) is 9.94. The number of nitrogens with zero attached hydrogens (tertiary/aromatic N) is 3. The van der Waals surface area contributed by atoms with Crippen LogP contribution in [0.25, 0.3) is 10.9 Å². The molecule has 4 aromatic rings. The molecule has 0 atom stereocenters. The number of H-pyrrole nitrogens is 1. The summed E-state index contributed by atoms with van der Waals surface area (Å²) in [7, 11) is 3.13. The molecule has 1 heterocycles. The standard InChI is InChI=1S/C31H34N4O6/c1-21(2)34(31(37)23-10-12-25(13-11-23)35(38)39)20-30(36)33(19-22-9-14-28(40-3)29(17-22)41-4)16-15-24-18-32-27-8-6-5-7-26(24)27/h5-14,17-18,21,32H,15-16,19-20H2,1-4H3. The molecule has 0 unspecified atom stereocenters. The summed E-state index contributed by atoms with van der Waals surface area (Å²) in [4.78, 5) is 44.2. The number of non-ortho nitro benzene ring substituents is 1. The van der Waals surface area contributed by atoms with Crippen molar-refractivity contribution in [3.63, 3.8) is 0 Å². The number of aromatic nitrogens is 1.